The number of carbonyl (C=O) groups is 1. The molecule has 0 spiro atoms. The smallest absolute Gasteiger partial charge is 0.341 e. The van der Waals surface area contributed by atoms with E-state index >= 15 is 0 Å². The topological polar surface area (TPSA) is 87.0 Å². The molecule has 7 nitrogen and oxygen atoms in total. The van der Waals surface area contributed by atoms with Crippen molar-refractivity contribution in [3.63, 3.8) is 0 Å². The molecule has 2 aliphatic rings. The van der Waals surface area contributed by atoms with E-state index < -0.39 is 11.4 Å². The third kappa shape index (κ3) is 3.69. The van der Waals surface area contributed by atoms with Gasteiger partial charge >= 0.3 is 5.97 Å². The molecule has 1 saturated carbocycles. The number of fused-ring (bicyclic) bond motifs is 3. The summed E-state index contributed by atoms with van der Waals surface area (Å²) in [6.45, 7) is 1.15. The molecule has 4 rings (SSSR count). The van der Waals surface area contributed by atoms with Crippen LogP contribution in [-0.2, 0) is 11.2 Å². The summed E-state index contributed by atoms with van der Waals surface area (Å²) in [5.74, 6) is 0.562. The molecule has 1 aliphatic heterocycles. The van der Waals surface area contributed by atoms with Crippen LogP contribution in [-0.4, -0.2) is 43.1 Å². The lowest BCUT2D eigenvalue weighted by atomic mass is 9.75. The Morgan fingerprint density at radius 2 is 1.97 bits per heavy atom. The number of methoxy groups -OCH3 is 2. The zero-order chi connectivity index (χ0) is 21.3. The van der Waals surface area contributed by atoms with E-state index in [1.54, 1.807) is 14.2 Å². The molecule has 0 saturated heterocycles. The predicted octanol–water partition coefficient (Wildman–Crippen LogP) is 3.53. The first-order valence-corrected chi connectivity index (χ1v) is 10.4. The number of carboxylic acids is 1. The maximum atomic E-state index is 12.5. The van der Waals surface area contributed by atoms with Gasteiger partial charge in [-0.3, -0.25) is 4.79 Å². The molecular weight excluding hydrogens is 386 g/mol. The van der Waals surface area contributed by atoms with E-state index in [1.165, 1.54) is 18.7 Å². The fourth-order valence-corrected chi connectivity index (χ4v) is 4.41. The Hall–Kier alpha value is -2.80. The fourth-order valence-electron chi connectivity index (χ4n) is 4.41. The molecule has 1 aliphatic carbocycles. The van der Waals surface area contributed by atoms with Gasteiger partial charge in [0.15, 0.2) is 16.9 Å². The van der Waals surface area contributed by atoms with Crippen LogP contribution >= 0.6 is 0 Å². The van der Waals surface area contributed by atoms with Crippen molar-refractivity contribution in [1.82, 2.24) is 4.57 Å². The average Bonchev–Trinajstić information content (AvgIpc) is 2.69. The van der Waals surface area contributed by atoms with Crippen LogP contribution in [0.5, 0.6) is 11.5 Å². The second-order valence-electron chi connectivity index (χ2n) is 7.97. The van der Waals surface area contributed by atoms with E-state index in [0.717, 1.165) is 42.5 Å². The van der Waals surface area contributed by atoms with Gasteiger partial charge in [0.05, 0.1) is 19.4 Å². The molecule has 0 radical (unpaired) electrons. The third-order valence-corrected chi connectivity index (χ3v) is 6.21. The Morgan fingerprint density at radius 1 is 1.17 bits per heavy atom. The van der Waals surface area contributed by atoms with E-state index in [4.69, 9.17) is 14.2 Å². The van der Waals surface area contributed by atoms with E-state index in [1.807, 2.05) is 16.7 Å². The lowest BCUT2D eigenvalue weighted by Crippen LogP contribution is -2.32. The summed E-state index contributed by atoms with van der Waals surface area (Å²) < 4.78 is 18.6. The van der Waals surface area contributed by atoms with E-state index in [2.05, 4.69) is 0 Å². The van der Waals surface area contributed by atoms with Crippen LogP contribution in [0.1, 0.15) is 47.6 Å². The molecule has 30 heavy (non-hydrogen) atoms. The van der Waals surface area contributed by atoms with Gasteiger partial charge < -0.3 is 23.9 Å². The minimum atomic E-state index is -1.19. The first-order chi connectivity index (χ1) is 14.5. The zero-order valence-corrected chi connectivity index (χ0v) is 17.3. The maximum Gasteiger partial charge on any atom is 0.341 e. The van der Waals surface area contributed by atoms with Gasteiger partial charge in [0.2, 0.25) is 0 Å². The number of benzene rings is 1. The highest BCUT2D eigenvalue weighted by Crippen LogP contribution is 2.46. The third-order valence-electron chi connectivity index (χ3n) is 6.21. The number of pyridine rings is 1. The van der Waals surface area contributed by atoms with Gasteiger partial charge in [0, 0.05) is 44.0 Å². The minimum absolute atomic E-state index is 0.134. The van der Waals surface area contributed by atoms with Crippen LogP contribution in [0.4, 0.5) is 0 Å². The van der Waals surface area contributed by atoms with Crippen molar-refractivity contribution in [3.8, 4) is 22.8 Å². The molecule has 1 unspecified atom stereocenters. The number of hydrogen-bond acceptors (Lipinski definition) is 5. The SMILES string of the molecule is COCCCOc1cc2c(cc1OC)-c1cc(=O)c(C(=O)O)cn1C(C1CCC1)C2. The molecule has 1 N–H and O–H groups in total. The summed E-state index contributed by atoms with van der Waals surface area (Å²) >= 11 is 0. The summed E-state index contributed by atoms with van der Waals surface area (Å²) in [7, 11) is 3.25. The van der Waals surface area contributed by atoms with Crippen LogP contribution in [0.25, 0.3) is 11.3 Å². The van der Waals surface area contributed by atoms with Gasteiger partial charge in [-0.05, 0) is 42.9 Å². The van der Waals surface area contributed by atoms with Gasteiger partial charge in [0.1, 0.15) is 5.56 Å². The second kappa shape index (κ2) is 8.52. The largest absolute Gasteiger partial charge is 0.493 e. The van der Waals surface area contributed by atoms with E-state index in [9.17, 15) is 14.7 Å². The highest BCUT2D eigenvalue weighted by Gasteiger charge is 2.34. The Bertz CT molecular complexity index is 1010. The van der Waals surface area contributed by atoms with Gasteiger partial charge in [-0.2, -0.15) is 0 Å². The Labute approximate surface area is 175 Å². The molecular formula is C23H27NO6. The first-order valence-electron chi connectivity index (χ1n) is 10.4. The summed E-state index contributed by atoms with van der Waals surface area (Å²) in [6, 6.07) is 5.48. The normalized spacial score (nSPS) is 17.6. The maximum absolute atomic E-state index is 12.5. The van der Waals surface area contributed by atoms with Gasteiger partial charge in [-0.1, -0.05) is 6.42 Å². The molecule has 0 bridgehead atoms. The van der Waals surface area contributed by atoms with Crippen LogP contribution in [0.3, 0.4) is 0 Å². The highest BCUT2D eigenvalue weighted by atomic mass is 16.5. The molecule has 1 aromatic heterocycles. The number of aromatic nitrogens is 1. The number of nitrogens with zero attached hydrogens (tertiary/aromatic N) is 1. The first kappa shape index (κ1) is 20.5. The summed E-state index contributed by atoms with van der Waals surface area (Å²) in [6.07, 6.45) is 6.49. The number of rotatable bonds is 8. The van der Waals surface area contributed by atoms with Crippen molar-refractivity contribution in [3.05, 3.63) is 45.7 Å². The lowest BCUT2D eigenvalue weighted by Gasteiger charge is -2.40. The van der Waals surface area contributed by atoms with Crippen LogP contribution < -0.4 is 14.9 Å². The van der Waals surface area contributed by atoms with Crippen molar-refractivity contribution >= 4 is 5.97 Å². The lowest BCUT2D eigenvalue weighted by molar-refractivity contribution is 0.0693. The van der Waals surface area contributed by atoms with Crippen molar-refractivity contribution in [2.45, 2.75) is 38.1 Å². The number of aromatic carboxylic acids is 1. The Kier molecular flexibility index (Phi) is 5.81. The quantitative estimate of drug-likeness (QED) is 0.666. The van der Waals surface area contributed by atoms with Crippen molar-refractivity contribution < 1.29 is 24.1 Å². The minimum Gasteiger partial charge on any atom is -0.493 e. The number of carboxylic acid groups (broad SMARTS) is 1. The van der Waals surface area contributed by atoms with Gasteiger partial charge in [-0.25, -0.2) is 4.79 Å². The van der Waals surface area contributed by atoms with Crippen LogP contribution in [0.2, 0.25) is 0 Å². The molecule has 0 amide bonds. The molecule has 1 atom stereocenters. The Morgan fingerprint density at radius 3 is 2.60 bits per heavy atom. The Balaban J connectivity index is 1.78. The standard InChI is InChI=1S/C23H27NO6/c1-28-7-4-8-30-22-10-15-9-18(14-5-3-6-14)24-13-17(23(26)27)20(25)12-19(24)16(15)11-21(22)29-2/h10-14,18H,3-9H2,1-2H3,(H,26,27). The molecule has 1 aromatic carbocycles. The highest BCUT2D eigenvalue weighted by molar-refractivity contribution is 5.88. The average molecular weight is 413 g/mol. The van der Waals surface area contributed by atoms with Crippen molar-refractivity contribution in [1.29, 1.82) is 0 Å². The summed E-state index contributed by atoms with van der Waals surface area (Å²) in [5, 5.41) is 9.44. The summed E-state index contributed by atoms with van der Waals surface area (Å²) in [5.41, 5.74) is 2.06. The second-order valence-corrected chi connectivity index (χ2v) is 7.97. The van der Waals surface area contributed by atoms with Crippen molar-refractivity contribution in [2.24, 2.45) is 5.92 Å². The molecule has 160 valence electrons. The molecule has 2 heterocycles. The van der Waals surface area contributed by atoms with E-state index in [0.29, 0.717) is 30.6 Å². The number of hydrogen-bond donors (Lipinski definition) is 1. The monoisotopic (exact) mass is 413 g/mol. The van der Waals surface area contributed by atoms with Crippen LogP contribution in [0.15, 0.2) is 29.2 Å². The van der Waals surface area contributed by atoms with E-state index in [-0.39, 0.29) is 11.6 Å². The molecule has 1 fully saturated rings. The molecule has 7 heteroatoms. The number of ether oxygens (including phenoxy) is 3. The van der Waals surface area contributed by atoms with Gasteiger partial charge in [-0.15, -0.1) is 0 Å². The fraction of sp³-hybridized carbons (Fsp3) is 0.478. The van der Waals surface area contributed by atoms with Crippen molar-refractivity contribution in [2.75, 3.05) is 27.4 Å². The molecule has 2 aromatic rings. The van der Waals surface area contributed by atoms with Crippen LogP contribution in [0, 0.1) is 5.92 Å². The summed E-state index contributed by atoms with van der Waals surface area (Å²) in [4.78, 5) is 24.0. The predicted molar refractivity (Wildman–Crippen MR) is 112 cm³/mol. The van der Waals surface area contributed by atoms with Gasteiger partial charge in [0.25, 0.3) is 0 Å². The zero-order valence-electron chi connectivity index (χ0n) is 17.3.